The molecule has 1 rings (SSSR count). The van der Waals surface area contributed by atoms with Gasteiger partial charge in [-0.2, -0.15) is 0 Å². The van der Waals surface area contributed by atoms with Crippen LogP contribution >= 0.6 is 0 Å². The Balaban J connectivity index is 3.37. The van der Waals surface area contributed by atoms with Gasteiger partial charge < -0.3 is 59.1 Å². The Morgan fingerprint density at radius 1 is 0.660 bits per heavy atom. The van der Waals surface area contributed by atoms with Crippen LogP contribution in [0.15, 0.2) is 30.3 Å². The first-order chi connectivity index (χ1) is 24.8. The van der Waals surface area contributed by atoms with Gasteiger partial charge in [0.1, 0.15) is 30.2 Å². The van der Waals surface area contributed by atoms with Crippen LogP contribution in [0.25, 0.3) is 0 Å². The molecule has 0 aliphatic rings. The average Bonchev–Trinajstić information content (AvgIpc) is 3.08. The zero-order valence-electron chi connectivity index (χ0n) is 29.7. The molecule has 14 N–H and O–H groups in total. The van der Waals surface area contributed by atoms with Gasteiger partial charge in [-0.25, -0.2) is 4.79 Å². The Morgan fingerprint density at radius 2 is 1.19 bits per heavy atom. The van der Waals surface area contributed by atoms with Crippen LogP contribution in [0.3, 0.4) is 0 Å². The minimum absolute atomic E-state index is 0.151. The second-order valence-corrected chi connectivity index (χ2v) is 12.5. The summed E-state index contributed by atoms with van der Waals surface area (Å²) in [5, 5.41) is 40.7. The quantitative estimate of drug-likeness (QED) is 0.0489. The van der Waals surface area contributed by atoms with Gasteiger partial charge in [-0.1, -0.05) is 50.6 Å². The van der Waals surface area contributed by atoms with Crippen molar-refractivity contribution < 1.29 is 58.5 Å². The summed E-state index contributed by atoms with van der Waals surface area (Å²) in [6.07, 6.45) is -3.54. The number of nitrogens with one attached hydrogen (secondary N) is 5. The van der Waals surface area contributed by atoms with Crippen LogP contribution in [0, 0.1) is 5.92 Å². The molecule has 1 aromatic rings. The van der Waals surface area contributed by atoms with Crippen LogP contribution in [0.2, 0.25) is 0 Å². The minimum atomic E-state index is -1.77. The van der Waals surface area contributed by atoms with Crippen molar-refractivity contribution in [2.24, 2.45) is 23.1 Å². The van der Waals surface area contributed by atoms with Crippen molar-refractivity contribution in [2.75, 3.05) is 0 Å². The van der Waals surface area contributed by atoms with E-state index in [2.05, 4.69) is 21.3 Å². The predicted molar refractivity (Wildman–Crippen MR) is 186 cm³/mol. The predicted octanol–water partition coefficient (Wildman–Crippen LogP) is -3.50. The summed E-state index contributed by atoms with van der Waals surface area (Å²) in [6, 6.07) is -0.759. The monoisotopic (exact) mass is 750 g/mol. The molecule has 0 aliphatic heterocycles. The number of aliphatic carboxylic acids is 2. The normalized spacial score (nSPS) is 15.4. The summed E-state index contributed by atoms with van der Waals surface area (Å²) in [6.45, 7) is 4.46. The van der Waals surface area contributed by atoms with E-state index in [-0.39, 0.29) is 19.3 Å². The summed E-state index contributed by atoms with van der Waals surface area (Å²) < 4.78 is 0. The molecular weight excluding hydrogens is 700 g/mol. The van der Waals surface area contributed by atoms with E-state index in [1.165, 1.54) is 0 Å². The molecule has 1 aromatic carbocycles. The van der Waals surface area contributed by atoms with Crippen molar-refractivity contribution in [1.82, 2.24) is 26.6 Å². The van der Waals surface area contributed by atoms with Crippen LogP contribution < -0.4 is 43.8 Å². The lowest BCUT2D eigenvalue weighted by Crippen LogP contribution is -2.62. The Bertz CT molecular complexity index is 1470. The van der Waals surface area contributed by atoms with Gasteiger partial charge in [-0.15, -0.1) is 0 Å². The Kier molecular flexibility index (Phi) is 19.1. The van der Waals surface area contributed by atoms with Crippen LogP contribution in [-0.4, -0.2) is 111 Å². The Morgan fingerprint density at radius 3 is 1.70 bits per heavy atom. The fraction of sp³-hybridized carbons (Fsp3) is 0.545. The molecule has 53 heavy (non-hydrogen) atoms. The molecule has 0 heterocycles. The number of carbonyl (C=O) groups excluding carboxylic acids is 7. The van der Waals surface area contributed by atoms with E-state index in [0.29, 0.717) is 12.0 Å². The highest BCUT2D eigenvalue weighted by Gasteiger charge is 2.36. The van der Waals surface area contributed by atoms with Crippen molar-refractivity contribution in [2.45, 2.75) is 108 Å². The highest BCUT2D eigenvalue weighted by atomic mass is 16.4. The summed E-state index contributed by atoms with van der Waals surface area (Å²) >= 11 is 0. The fourth-order valence-corrected chi connectivity index (χ4v) is 4.84. The maximum absolute atomic E-state index is 13.8. The highest BCUT2D eigenvalue weighted by molar-refractivity contribution is 5.97. The first-order valence-corrected chi connectivity index (χ1v) is 16.8. The molecule has 7 amide bonds. The maximum atomic E-state index is 13.8. The number of carboxylic acid groups (broad SMARTS) is 2. The van der Waals surface area contributed by atoms with Crippen LogP contribution in [0.1, 0.15) is 64.9 Å². The average molecular weight is 751 g/mol. The third-order valence-electron chi connectivity index (χ3n) is 8.11. The SMILES string of the molecule is CC[C@H](C)[C@H](NC(=O)[C@H](CCC(=O)O)NC(=O)[C@@H](N)CCC(N)=O)C(=O)N[C@@H](Cc1ccccc1)C(=O)N[C@H](C(=O)N[C@@H](CC(N)=O)C(=O)O)[C@@H](C)O. The molecule has 0 aliphatic carbocycles. The summed E-state index contributed by atoms with van der Waals surface area (Å²) in [5.74, 6) is -10.1. The topological polar surface area (TPSA) is 353 Å². The van der Waals surface area contributed by atoms with E-state index >= 15 is 0 Å². The van der Waals surface area contributed by atoms with Crippen molar-refractivity contribution in [1.29, 1.82) is 0 Å². The van der Waals surface area contributed by atoms with Crippen LogP contribution in [0.4, 0.5) is 0 Å². The van der Waals surface area contributed by atoms with Crippen molar-refractivity contribution in [3.05, 3.63) is 35.9 Å². The second kappa shape index (κ2) is 22.3. The van der Waals surface area contributed by atoms with Crippen molar-refractivity contribution in [3.63, 3.8) is 0 Å². The lowest BCUT2D eigenvalue weighted by atomic mass is 9.96. The molecule has 0 aromatic heterocycles. The van der Waals surface area contributed by atoms with E-state index in [4.69, 9.17) is 17.2 Å². The van der Waals surface area contributed by atoms with Gasteiger partial charge in [0.15, 0.2) is 0 Å². The van der Waals surface area contributed by atoms with Gasteiger partial charge in [0, 0.05) is 19.3 Å². The number of benzene rings is 1. The number of amides is 7. The minimum Gasteiger partial charge on any atom is -0.481 e. The third kappa shape index (κ3) is 16.5. The lowest BCUT2D eigenvalue weighted by Gasteiger charge is -2.29. The molecule has 0 saturated heterocycles. The molecule has 0 spiro atoms. The molecular formula is C33H50N8O12. The second-order valence-electron chi connectivity index (χ2n) is 12.5. The number of aliphatic hydroxyl groups is 1. The zero-order chi connectivity index (χ0) is 40.4. The van der Waals surface area contributed by atoms with Crippen LogP contribution in [-0.2, 0) is 49.6 Å². The number of carbonyl (C=O) groups is 9. The third-order valence-corrected chi connectivity index (χ3v) is 8.11. The molecule has 20 heteroatoms. The molecule has 0 radical (unpaired) electrons. The highest BCUT2D eigenvalue weighted by Crippen LogP contribution is 2.12. The van der Waals surface area contributed by atoms with Gasteiger partial charge in [-0.3, -0.25) is 38.4 Å². The van der Waals surface area contributed by atoms with Gasteiger partial charge in [0.05, 0.1) is 18.6 Å². The molecule has 0 fully saturated rings. The number of primary amides is 2. The van der Waals surface area contributed by atoms with Crippen molar-refractivity contribution >= 4 is 53.3 Å². The zero-order valence-corrected chi connectivity index (χ0v) is 29.7. The van der Waals surface area contributed by atoms with E-state index in [9.17, 15) is 58.5 Å². The van der Waals surface area contributed by atoms with E-state index in [1.54, 1.807) is 44.2 Å². The lowest BCUT2D eigenvalue weighted by molar-refractivity contribution is -0.144. The summed E-state index contributed by atoms with van der Waals surface area (Å²) in [4.78, 5) is 112. The van der Waals surface area contributed by atoms with Crippen LogP contribution in [0.5, 0.6) is 0 Å². The molecule has 294 valence electrons. The number of hydrogen-bond acceptors (Lipinski definition) is 11. The number of nitrogens with two attached hydrogens (primary N) is 3. The Hall–Kier alpha value is -5.63. The number of hydrogen-bond donors (Lipinski definition) is 11. The maximum Gasteiger partial charge on any atom is 0.326 e. The smallest absolute Gasteiger partial charge is 0.326 e. The first-order valence-electron chi connectivity index (χ1n) is 16.8. The summed E-state index contributed by atoms with van der Waals surface area (Å²) in [7, 11) is 0. The van der Waals surface area contributed by atoms with Gasteiger partial charge in [0.2, 0.25) is 41.4 Å². The fourth-order valence-electron chi connectivity index (χ4n) is 4.84. The van der Waals surface area contributed by atoms with E-state index in [1.807, 2.05) is 5.32 Å². The standard InChI is InChI=1S/C33H50N8O12/c1-4-16(2)26(40-29(48)20(11-13-25(45)46)37-28(47)19(34)10-12-23(35)43)31(50)38-21(14-18-8-6-5-7-9-18)30(49)41-27(17(3)42)32(51)39-22(33(52)53)15-24(36)44/h5-9,16-17,19-22,26-27,42H,4,10-15,34H2,1-3H3,(H2,35,43)(H2,36,44)(H,37,47)(H,38,50)(H,39,51)(H,40,48)(H,41,49)(H,45,46)(H,52,53)/t16-,17+,19-,20-,21-,22-,26-,27-/m0/s1. The van der Waals surface area contributed by atoms with Crippen molar-refractivity contribution in [3.8, 4) is 0 Å². The largest absolute Gasteiger partial charge is 0.481 e. The van der Waals surface area contributed by atoms with Gasteiger partial charge >= 0.3 is 11.9 Å². The van der Waals surface area contributed by atoms with Gasteiger partial charge in [0.25, 0.3) is 0 Å². The number of rotatable bonds is 24. The molecule has 8 atom stereocenters. The molecule has 0 bridgehead atoms. The number of carboxylic acids is 2. The number of aliphatic hydroxyl groups excluding tert-OH is 1. The molecule has 20 nitrogen and oxygen atoms in total. The first kappa shape index (κ1) is 45.4. The van der Waals surface area contributed by atoms with E-state index in [0.717, 1.165) is 6.92 Å². The molecule has 0 unspecified atom stereocenters. The molecule has 0 saturated carbocycles. The Labute approximate surface area is 305 Å². The summed E-state index contributed by atoms with van der Waals surface area (Å²) in [5.41, 5.74) is 16.5. The van der Waals surface area contributed by atoms with E-state index < -0.39 is 121 Å². The van der Waals surface area contributed by atoms with Gasteiger partial charge in [-0.05, 0) is 31.2 Å².